The van der Waals surface area contributed by atoms with Gasteiger partial charge in [0, 0.05) is 41.3 Å². The fourth-order valence-electron chi connectivity index (χ4n) is 2.64. The molecular weight excluding hydrogens is 564 g/mol. The molecule has 31 heavy (non-hydrogen) atoms. The summed E-state index contributed by atoms with van der Waals surface area (Å²) in [5.74, 6) is -0.150. The van der Waals surface area contributed by atoms with E-state index >= 15 is 0 Å². The number of aryl methyl sites for hydroxylation is 2. The molecule has 0 unspecified atom stereocenters. The van der Waals surface area contributed by atoms with Gasteiger partial charge in [-0.15, -0.1) is 22.7 Å². The molecule has 0 atom stereocenters. The molecule has 0 spiro atoms. The number of hydrazone groups is 2. The third-order valence-electron chi connectivity index (χ3n) is 4.32. The zero-order chi connectivity index (χ0) is 22.6. The van der Waals surface area contributed by atoms with E-state index in [0.717, 1.165) is 50.8 Å². The van der Waals surface area contributed by atoms with Gasteiger partial charge in [-0.1, -0.05) is 19.3 Å². The van der Waals surface area contributed by atoms with Gasteiger partial charge in [-0.3, -0.25) is 9.59 Å². The Labute approximate surface area is 207 Å². The van der Waals surface area contributed by atoms with Crippen LogP contribution in [-0.4, -0.2) is 24.2 Å². The molecule has 10 heteroatoms. The lowest BCUT2D eigenvalue weighted by molar-refractivity contribution is -0.121. The largest absolute Gasteiger partial charge is 0.273 e. The number of hydrogen-bond acceptors (Lipinski definition) is 6. The van der Waals surface area contributed by atoms with Crippen molar-refractivity contribution in [2.45, 2.75) is 58.8 Å². The van der Waals surface area contributed by atoms with Gasteiger partial charge in [0.1, 0.15) is 0 Å². The molecule has 0 saturated heterocycles. The van der Waals surface area contributed by atoms with E-state index in [1.54, 1.807) is 35.1 Å². The standard InChI is InChI=1S/C21H26Br2N4O2S2/c1-14-18(22)10-16(30-14)12-24-26-20(28)8-6-4-3-5-7-9-21(29)27-25-13-17-11-19(23)15(2)31-17/h10-13H,3-9H2,1-2H3,(H,26,28)(H,27,29)/b24-12+,25-13+. The molecule has 0 bridgehead atoms. The first-order valence-corrected chi connectivity index (χ1v) is 13.2. The molecule has 0 aliphatic rings. The molecule has 0 radical (unpaired) electrons. The average molecular weight is 590 g/mol. The van der Waals surface area contributed by atoms with Gasteiger partial charge in [0.25, 0.3) is 0 Å². The zero-order valence-corrected chi connectivity index (χ0v) is 22.3. The molecule has 2 rings (SSSR count). The van der Waals surface area contributed by atoms with Crippen molar-refractivity contribution in [3.8, 4) is 0 Å². The van der Waals surface area contributed by atoms with Crippen molar-refractivity contribution in [1.82, 2.24) is 10.9 Å². The molecule has 168 valence electrons. The van der Waals surface area contributed by atoms with Crippen LogP contribution < -0.4 is 10.9 Å². The van der Waals surface area contributed by atoms with Gasteiger partial charge in [0.15, 0.2) is 0 Å². The Hall–Kier alpha value is -1.36. The number of amides is 2. The summed E-state index contributed by atoms with van der Waals surface area (Å²) in [6.07, 6.45) is 8.79. The molecule has 6 nitrogen and oxygen atoms in total. The topological polar surface area (TPSA) is 82.9 Å². The normalized spacial score (nSPS) is 11.5. The molecule has 2 heterocycles. The van der Waals surface area contributed by atoms with Crippen LogP contribution in [0, 0.1) is 13.8 Å². The molecular formula is C21H26Br2N4O2S2. The molecule has 2 aromatic rings. The highest BCUT2D eigenvalue weighted by molar-refractivity contribution is 9.10. The highest BCUT2D eigenvalue weighted by Crippen LogP contribution is 2.25. The predicted octanol–water partition coefficient (Wildman–Crippen LogP) is 6.28. The molecule has 0 aliphatic heterocycles. The third kappa shape index (κ3) is 10.2. The van der Waals surface area contributed by atoms with Crippen LogP contribution in [0.25, 0.3) is 0 Å². The molecule has 2 aromatic heterocycles. The number of thiophene rings is 2. The van der Waals surface area contributed by atoms with E-state index in [9.17, 15) is 9.59 Å². The Morgan fingerprint density at radius 1 is 0.806 bits per heavy atom. The number of nitrogens with one attached hydrogen (secondary N) is 2. The van der Waals surface area contributed by atoms with Crippen LogP contribution >= 0.6 is 54.5 Å². The van der Waals surface area contributed by atoms with E-state index in [0.29, 0.717) is 12.8 Å². The Morgan fingerprint density at radius 3 is 1.55 bits per heavy atom. The molecule has 0 aliphatic carbocycles. The first-order chi connectivity index (χ1) is 14.8. The van der Waals surface area contributed by atoms with Crippen LogP contribution in [0.3, 0.4) is 0 Å². The van der Waals surface area contributed by atoms with Crippen molar-refractivity contribution in [3.05, 3.63) is 40.6 Å². The first-order valence-electron chi connectivity index (χ1n) is 10.0. The summed E-state index contributed by atoms with van der Waals surface area (Å²) in [4.78, 5) is 28.0. The number of hydrogen-bond donors (Lipinski definition) is 2. The molecule has 0 fully saturated rings. The number of rotatable bonds is 12. The van der Waals surface area contributed by atoms with Crippen molar-refractivity contribution in [1.29, 1.82) is 0 Å². The lowest BCUT2D eigenvalue weighted by Crippen LogP contribution is -2.17. The summed E-state index contributed by atoms with van der Waals surface area (Å²) in [5.41, 5.74) is 5.13. The Morgan fingerprint density at radius 2 is 1.19 bits per heavy atom. The van der Waals surface area contributed by atoms with Gasteiger partial charge in [-0.05, 0) is 70.7 Å². The van der Waals surface area contributed by atoms with Gasteiger partial charge < -0.3 is 0 Å². The second-order valence-corrected chi connectivity index (χ2v) is 11.2. The SMILES string of the molecule is Cc1sc(/C=N/NC(=O)CCCCCCCC(=O)N/N=C/c2cc(Br)c(C)s2)cc1Br. The minimum absolute atomic E-state index is 0.0752. The Bertz CT molecular complexity index is 825. The summed E-state index contributed by atoms with van der Waals surface area (Å²) in [6, 6.07) is 3.96. The van der Waals surface area contributed by atoms with Gasteiger partial charge in [0.05, 0.1) is 12.4 Å². The Balaban J connectivity index is 1.47. The fourth-order valence-corrected chi connectivity index (χ4v) is 5.51. The maximum Gasteiger partial charge on any atom is 0.240 e. The number of carbonyl (C=O) groups is 2. The molecule has 2 amide bonds. The van der Waals surface area contributed by atoms with Crippen LogP contribution in [0.2, 0.25) is 0 Å². The van der Waals surface area contributed by atoms with Crippen molar-refractivity contribution >= 4 is 78.8 Å². The molecule has 0 aromatic carbocycles. The number of halogens is 2. The van der Waals surface area contributed by atoms with Crippen molar-refractivity contribution in [2.75, 3.05) is 0 Å². The van der Waals surface area contributed by atoms with Crippen LogP contribution in [0.15, 0.2) is 31.3 Å². The van der Waals surface area contributed by atoms with Gasteiger partial charge in [-0.2, -0.15) is 10.2 Å². The van der Waals surface area contributed by atoms with E-state index in [4.69, 9.17) is 0 Å². The summed E-state index contributed by atoms with van der Waals surface area (Å²) in [6.45, 7) is 4.05. The second kappa shape index (κ2) is 13.9. The number of unbranched alkanes of at least 4 members (excludes halogenated alkanes) is 4. The second-order valence-electron chi connectivity index (χ2n) is 6.96. The van der Waals surface area contributed by atoms with Crippen LogP contribution in [0.4, 0.5) is 0 Å². The van der Waals surface area contributed by atoms with E-state index in [1.807, 2.05) is 26.0 Å². The summed E-state index contributed by atoms with van der Waals surface area (Å²) < 4.78 is 2.11. The minimum Gasteiger partial charge on any atom is -0.273 e. The third-order valence-corrected chi connectivity index (χ3v) is 8.46. The summed E-state index contributed by atoms with van der Waals surface area (Å²) in [5, 5.41) is 8.00. The van der Waals surface area contributed by atoms with Gasteiger partial charge >= 0.3 is 0 Å². The van der Waals surface area contributed by atoms with Gasteiger partial charge in [-0.25, -0.2) is 10.9 Å². The number of carbonyl (C=O) groups excluding carboxylic acids is 2. The summed E-state index contributed by atoms with van der Waals surface area (Å²) in [7, 11) is 0. The van der Waals surface area contributed by atoms with Crippen molar-refractivity contribution in [2.24, 2.45) is 10.2 Å². The fraction of sp³-hybridized carbons (Fsp3) is 0.429. The zero-order valence-electron chi connectivity index (χ0n) is 17.5. The minimum atomic E-state index is -0.0752. The highest BCUT2D eigenvalue weighted by atomic mass is 79.9. The molecule has 0 saturated carbocycles. The van der Waals surface area contributed by atoms with Crippen LogP contribution in [0.1, 0.15) is 64.5 Å². The first kappa shape index (κ1) is 25.9. The quantitative estimate of drug-likeness (QED) is 0.173. The highest BCUT2D eigenvalue weighted by Gasteiger charge is 2.04. The van der Waals surface area contributed by atoms with E-state index in [2.05, 4.69) is 52.9 Å². The van der Waals surface area contributed by atoms with Gasteiger partial charge in [0.2, 0.25) is 11.8 Å². The lowest BCUT2D eigenvalue weighted by Gasteiger charge is -2.02. The van der Waals surface area contributed by atoms with Crippen molar-refractivity contribution < 1.29 is 9.59 Å². The average Bonchev–Trinajstić information content (AvgIpc) is 3.21. The Kier molecular flexibility index (Phi) is 11.6. The summed E-state index contributed by atoms with van der Waals surface area (Å²) >= 11 is 10.2. The van der Waals surface area contributed by atoms with E-state index in [-0.39, 0.29) is 11.8 Å². The van der Waals surface area contributed by atoms with E-state index in [1.165, 1.54) is 9.75 Å². The monoisotopic (exact) mass is 588 g/mol. The maximum absolute atomic E-state index is 11.8. The molecule has 2 N–H and O–H groups in total. The van der Waals surface area contributed by atoms with Crippen LogP contribution in [-0.2, 0) is 9.59 Å². The lowest BCUT2D eigenvalue weighted by atomic mass is 10.1. The van der Waals surface area contributed by atoms with E-state index < -0.39 is 0 Å². The van der Waals surface area contributed by atoms with Crippen LogP contribution in [0.5, 0.6) is 0 Å². The maximum atomic E-state index is 11.8. The number of nitrogens with zero attached hydrogens (tertiary/aromatic N) is 2. The predicted molar refractivity (Wildman–Crippen MR) is 137 cm³/mol. The smallest absolute Gasteiger partial charge is 0.240 e. The van der Waals surface area contributed by atoms with Crippen molar-refractivity contribution in [3.63, 3.8) is 0 Å².